The largest absolute Gasteiger partial charge is 0.378 e. The summed E-state index contributed by atoms with van der Waals surface area (Å²) in [5, 5.41) is 6.24. The van der Waals surface area contributed by atoms with Crippen molar-refractivity contribution in [1.82, 2.24) is 25.2 Å². The van der Waals surface area contributed by atoms with Gasteiger partial charge in [0.05, 0.1) is 13.2 Å². The summed E-state index contributed by atoms with van der Waals surface area (Å²) in [6.07, 6.45) is 5.76. The first-order valence-corrected chi connectivity index (χ1v) is 7.76. The molecule has 7 nitrogen and oxygen atoms in total. The van der Waals surface area contributed by atoms with E-state index in [1.807, 2.05) is 29.8 Å². The molecule has 1 aliphatic heterocycles. The predicted molar refractivity (Wildman–Crippen MR) is 85.2 cm³/mol. The van der Waals surface area contributed by atoms with Gasteiger partial charge in [0.1, 0.15) is 11.6 Å². The summed E-state index contributed by atoms with van der Waals surface area (Å²) in [4.78, 5) is 20.7. The number of imidazole rings is 1. The number of carbonyl (C=O) groups is 1. The lowest BCUT2D eigenvalue weighted by Crippen LogP contribution is -2.44. The fourth-order valence-electron chi connectivity index (χ4n) is 2.63. The second-order valence-electron chi connectivity index (χ2n) is 5.54. The molecule has 0 saturated carbocycles. The molecule has 1 aliphatic rings. The molecule has 2 N–H and O–H groups in total. The van der Waals surface area contributed by atoms with E-state index < -0.39 is 0 Å². The van der Waals surface area contributed by atoms with E-state index in [0.29, 0.717) is 26.2 Å². The van der Waals surface area contributed by atoms with Crippen LogP contribution in [0.3, 0.4) is 0 Å². The van der Waals surface area contributed by atoms with Gasteiger partial charge in [-0.05, 0) is 13.0 Å². The van der Waals surface area contributed by atoms with Crippen molar-refractivity contribution in [2.75, 3.05) is 19.8 Å². The number of hydrogen-bond acceptors (Lipinski definition) is 5. The second-order valence-corrected chi connectivity index (χ2v) is 5.54. The first kappa shape index (κ1) is 15.6. The zero-order chi connectivity index (χ0) is 16.1. The molecular formula is C16H21N5O2. The second kappa shape index (κ2) is 7.34. The van der Waals surface area contributed by atoms with Crippen LogP contribution in [0.4, 0.5) is 0 Å². The average Bonchev–Trinajstić information content (AvgIpc) is 3.00. The molecule has 0 radical (unpaired) electrons. The molecule has 23 heavy (non-hydrogen) atoms. The van der Waals surface area contributed by atoms with Gasteiger partial charge in [-0.1, -0.05) is 6.07 Å². The number of hydrogen-bond donors (Lipinski definition) is 2. The van der Waals surface area contributed by atoms with Crippen LogP contribution in [0.25, 0.3) is 5.82 Å². The van der Waals surface area contributed by atoms with Crippen molar-refractivity contribution in [3.05, 3.63) is 42.1 Å². The summed E-state index contributed by atoms with van der Waals surface area (Å²) in [7, 11) is 0. The van der Waals surface area contributed by atoms with Crippen LogP contribution in [0.15, 0.2) is 30.7 Å². The number of ether oxygens (including phenoxy) is 1. The number of aromatic nitrogens is 3. The molecular weight excluding hydrogens is 294 g/mol. The van der Waals surface area contributed by atoms with Crippen LogP contribution in [-0.4, -0.2) is 46.2 Å². The maximum absolute atomic E-state index is 12.1. The molecule has 1 unspecified atom stereocenters. The van der Waals surface area contributed by atoms with Gasteiger partial charge in [-0.25, -0.2) is 9.97 Å². The minimum Gasteiger partial charge on any atom is -0.378 e. The van der Waals surface area contributed by atoms with Crippen molar-refractivity contribution in [2.45, 2.75) is 25.9 Å². The van der Waals surface area contributed by atoms with E-state index in [9.17, 15) is 4.79 Å². The van der Waals surface area contributed by atoms with Gasteiger partial charge in [0.2, 0.25) is 5.91 Å². The number of carbonyl (C=O) groups excluding carboxylic acids is 1. The van der Waals surface area contributed by atoms with Crippen molar-refractivity contribution in [3.63, 3.8) is 0 Å². The monoisotopic (exact) mass is 315 g/mol. The van der Waals surface area contributed by atoms with E-state index in [0.717, 1.165) is 23.8 Å². The Labute approximate surface area is 135 Å². The Kier molecular flexibility index (Phi) is 4.99. The Hall–Kier alpha value is -2.25. The first-order valence-electron chi connectivity index (χ1n) is 7.76. The molecule has 122 valence electrons. The van der Waals surface area contributed by atoms with Crippen LogP contribution in [-0.2, 0) is 16.1 Å². The van der Waals surface area contributed by atoms with Gasteiger partial charge in [-0.15, -0.1) is 0 Å². The van der Waals surface area contributed by atoms with Crippen LogP contribution >= 0.6 is 0 Å². The predicted octanol–water partition coefficient (Wildman–Crippen LogP) is 0.570. The third kappa shape index (κ3) is 3.94. The summed E-state index contributed by atoms with van der Waals surface area (Å²) in [6, 6.07) is 3.92. The van der Waals surface area contributed by atoms with Crippen molar-refractivity contribution in [3.8, 4) is 5.82 Å². The fourth-order valence-corrected chi connectivity index (χ4v) is 2.63. The first-order chi connectivity index (χ1) is 11.2. The lowest BCUT2D eigenvalue weighted by Gasteiger charge is -2.23. The normalized spacial score (nSPS) is 17.9. The van der Waals surface area contributed by atoms with Crippen LogP contribution < -0.4 is 10.6 Å². The molecule has 0 bridgehead atoms. The number of nitrogens with zero attached hydrogens (tertiary/aromatic N) is 3. The molecule has 0 aliphatic carbocycles. The van der Waals surface area contributed by atoms with Crippen molar-refractivity contribution >= 4 is 5.91 Å². The van der Waals surface area contributed by atoms with E-state index >= 15 is 0 Å². The quantitative estimate of drug-likeness (QED) is 0.843. The molecule has 1 saturated heterocycles. The third-order valence-corrected chi connectivity index (χ3v) is 3.83. The molecule has 2 aromatic heterocycles. The van der Waals surface area contributed by atoms with Crippen LogP contribution in [0.2, 0.25) is 0 Å². The molecule has 2 aromatic rings. The van der Waals surface area contributed by atoms with Gasteiger partial charge in [0, 0.05) is 49.7 Å². The Morgan fingerprint density at radius 3 is 3.13 bits per heavy atom. The molecule has 0 aromatic carbocycles. The molecule has 1 fully saturated rings. The summed E-state index contributed by atoms with van der Waals surface area (Å²) < 4.78 is 7.28. The smallest absolute Gasteiger partial charge is 0.221 e. The lowest BCUT2D eigenvalue weighted by molar-refractivity contribution is -0.122. The Bertz CT molecular complexity index is 664. The van der Waals surface area contributed by atoms with E-state index in [1.54, 1.807) is 12.4 Å². The number of aryl methyl sites for hydroxylation is 1. The van der Waals surface area contributed by atoms with Crippen LogP contribution in [0.1, 0.15) is 17.8 Å². The number of pyridine rings is 1. The van der Waals surface area contributed by atoms with Crippen molar-refractivity contribution < 1.29 is 9.53 Å². The SMILES string of the molecule is Cc1nccn1-c1ncccc1CNC(=O)CC1COCCN1. The minimum absolute atomic E-state index is 0.00477. The highest BCUT2D eigenvalue weighted by Crippen LogP contribution is 2.13. The highest BCUT2D eigenvalue weighted by Gasteiger charge is 2.17. The lowest BCUT2D eigenvalue weighted by atomic mass is 10.2. The molecule has 3 heterocycles. The highest BCUT2D eigenvalue weighted by atomic mass is 16.5. The van der Waals surface area contributed by atoms with Gasteiger partial charge in [-0.2, -0.15) is 0 Å². The van der Waals surface area contributed by atoms with E-state index in [-0.39, 0.29) is 11.9 Å². The summed E-state index contributed by atoms with van der Waals surface area (Å²) in [6.45, 7) is 4.45. The Morgan fingerprint density at radius 1 is 1.48 bits per heavy atom. The Morgan fingerprint density at radius 2 is 2.39 bits per heavy atom. The maximum atomic E-state index is 12.1. The van der Waals surface area contributed by atoms with Crippen LogP contribution in [0.5, 0.6) is 0 Å². The van der Waals surface area contributed by atoms with Gasteiger partial charge in [-0.3, -0.25) is 9.36 Å². The van der Waals surface area contributed by atoms with Gasteiger partial charge in [0.15, 0.2) is 0 Å². The molecule has 7 heteroatoms. The summed E-state index contributed by atoms with van der Waals surface area (Å²) >= 11 is 0. The Balaban J connectivity index is 1.62. The van der Waals surface area contributed by atoms with Crippen molar-refractivity contribution in [2.24, 2.45) is 0 Å². The van der Waals surface area contributed by atoms with Crippen LogP contribution in [0, 0.1) is 6.92 Å². The van der Waals surface area contributed by atoms with Gasteiger partial charge >= 0.3 is 0 Å². The summed E-state index contributed by atoms with van der Waals surface area (Å²) in [5.74, 6) is 1.66. The number of nitrogens with one attached hydrogen (secondary N) is 2. The maximum Gasteiger partial charge on any atom is 0.221 e. The number of morpholine rings is 1. The molecule has 3 rings (SSSR count). The minimum atomic E-state index is 0.00477. The zero-order valence-electron chi connectivity index (χ0n) is 13.2. The highest BCUT2D eigenvalue weighted by molar-refractivity contribution is 5.76. The standard InChI is InChI=1S/C16H21N5O2/c1-12-17-5-7-21(12)16-13(3-2-4-19-16)10-20-15(22)9-14-11-23-8-6-18-14/h2-5,7,14,18H,6,8-11H2,1H3,(H,20,22). The van der Waals surface area contributed by atoms with Crippen molar-refractivity contribution in [1.29, 1.82) is 0 Å². The van der Waals surface area contributed by atoms with Gasteiger partial charge in [0.25, 0.3) is 0 Å². The number of amides is 1. The van der Waals surface area contributed by atoms with E-state index in [1.165, 1.54) is 0 Å². The topological polar surface area (TPSA) is 81.1 Å². The molecule has 0 spiro atoms. The zero-order valence-corrected chi connectivity index (χ0v) is 13.2. The number of rotatable bonds is 5. The summed E-state index contributed by atoms with van der Waals surface area (Å²) in [5.41, 5.74) is 0.954. The average molecular weight is 315 g/mol. The van der Waals surface area contributed by atoms with Gasteiger partial charge < -0.3 is 15.4 Å². The molecule has 1 atom stereocenters. The third-order valence-electron chi connectivity index (χ3n) is 3.83. The molecule has 1 amide bonds. The fraction of sp³-hybridized carbons (Fsp3) is 0.438. The van der Waals surface area contributed by atoms with E-state index in [4.69, 9.17) is 4.74 Å². The van der Waals surface area contributed by atoms with E-state index in [2.05, 4.69) is 20.6 Å².